The molecule has 0 saturated carbocycles. The van der Waals surface area contributed by atoms with Gasteiger partial charge in [0.05, 0.1) is 0 Å². The Bertz CT molecular complexity index is 452. The lowest BCUT2D eigenvalue weighted by atomic mass is 10.1. The average molecular weight is 281 g/mol. The zero-order valence-electron chi connectivity index (χ0n) is 9.02. The zero-order chi connectivity index (χ0) is 11.4. The molecule has 2 aromatic rings. The minimum Gasteiger partial charge on any atom is -0.354 e. The van der Waals surface area contributed by atoms with Crippen LogP contribution in [0.5, 0.6) is 0 Å². The summed E-state index contributed by atoms with van der Waals surface area (Å²) < 4.78 is 2.33. The number of halogens is 1. The topological polar surface area (TPSA) is 42.7 Å². The number of hydrogen-bond donors (Lipinski definition) is 1. The maximum absolute atomic E-state index is 4.20. The van der Waals surface area contributed by atoms with Crippen LogP contribution in [-0.2, 0) is 13.5 Å². The number of benzene rings is 1. The van der Waals surface area contributed by atoms with Crippen LogP contribution in [-0.4, -0.2) is 21.3 Å². The van der Waals surface area contributed by atoms with Crippen molar-refractivity contribution in [2.75, 3.05) is 11.9 Å². The summed E-state index contributed by atoms with van der Waals surface area (Å²) >= 11 is 3.24. The molecule has 84 valence electrons. The third-order valence-corrected chi connectivity index (χ3v) is 2.61. The molecular formula is C11H13BrN4. The van der Waals surface area contributed by atoms with Gasteiger partial charge >= 0.3 is 0 Å². The lowest BCUT2D eigenvalue weighted by Crippen LogP contribution is -2.09. The van der Waals surface area contributed by atoms with Gasteiger partial charge in [-0.3, -0.25) is 0 Å². The predicted molar refractivity (Wildman–Crippen MR) is 67.3 cm³/mol. The Balaban J connectivity index is 1.87. The van der Waals surface area contributed by atoms with Gasteiger partial charge in [0.1, 0.15) is 0 Å². The second-order valence-corrected chi connectivity index (χ2v) is 4.20. The van der Waals surface area contributed by atoms with Gasteiger partial charge in [-0.25, -0.2) is 4.68 Å². The normalized spacial score (nSPS) is 10.4. The summed E-state index contributed by atoms with van der Waals surface area (Å²) in [7, 11) is 1.86. The first-order valence-corrected chi connectivity index (χ1v) is 5.89. The van der Waals surface area contributed by atoms with Crippen molar-refractivity contribution in [3.05, 3.63) is 40.6 Å². The van der Waals surface area contributed by atoms with E-state index in [4.69, 9.17) is 0 Å². The van der Waals surface area contributed by atoms with E-state index in [-0.39, 0.29) is 0 Å². The molecule has 0 atom stereocenters. The van der Waals surface area contributed by atoms with Crippen LogP contribution in [0.2, 0.25) is 0 Å². The van der Waals surface area contributed by atoms with Crippen molar-refractivity contribution in [1.82, 2.24) is 14.8 Å². The minimum absolute atomic E-state index is 0.609. The smallest absolute Gasteiger partial charge is 0.221 e. The second-order valence-electron chi connectivity index (χ2n) is 3.49. The summed E-state index contributed by atoms with van der Waals surface area (Å²) in [5.41, 5.74) is 1.32. The van der Waals surface area contributed by atoms with Crippen LogP contribution in [0.3, 0.4) is 0 Å². The Labute approximate surface area is 103 Å². The molecule has 0 bridgehead atoms. The molecule has 0 saturated heterocycles. The summed E-state index contributed by atoms with van der Waals surface area (Å²) in [6.07, 6.45) is 0.977. The molecule has 0 fully saturated rings. The number of hydrogen-bond acceptors (Lipinski definition) is 3. The first-order valence-electron chi connectivity index (χ1n) is 5.10. The summed E-state index contributed by atoms with van der Waals surface area (Å²) in [6, 6.07) is 10.4. The molecule has 5 heteroatoms. The van der Waals surface area contributed by atoms with E-state index in [0.29, 0.717) is 4.73 Å². The summed E-state index contributed by atoms with van der Waals surface area (Å²) in [6.45, 7) is 0.850. The minimum atomic E-state index is 0.609. The van der Waals surface area contributed by atoms with Gasteiger partial charge in [0.2, 0.25) is 10.7 Å². The maximum atomic E-state index is 4.20. The fourth-order valence-corrected chi connectivity index (χ4v) is 1.88. The van der Waals surface area contributed by atoms with Gasteiger partial charge in [0.15, 0.2) is 0 Å². The Hall–Kier alpha value is -1.36. The molecule has 1 N–H and O–H groups in total. The van der Waals surface area contributed by atoms with Crippen LogP contribution in [0.15, 0.2) is 35.1 Å². The van der Waals surface area contributed by atoms with E-state index in [1.165, 1.54) is 5.56 Å². The molecule has 0 radical (unpaired) electrons. The molecule has 0 spiro atoms. The highest BCUT2D eigenvalue weighted by atomic mass is 79.9. The lowest BCUT2D eigenvalue weighted by Gasteiger charge is -2.04. The molecule has 1 aromatic heterocycles. The van der Waals surface area contributed by atoms with Gasteiger partial charge < -0.3 is 5.32 Å². The average Bonchev–Trinajstić information content (AvgIpc) is 2.59. The molecular weight excluding hydrogens is 268 g/mol. The first kappa shape index (κ1) is 11.1. The van der Waals surface area contributed by atoms with Crippen LogP contribution in [0.1, 0.15) is 5.56 Å². The quantitative estimate of drug-likeness (QED) is 0.934. The van der Waals surface area contributed by atoms with Crippen molar-refractivity contribution in [3.8, 4) is 0 Å². The largest absolute Gasteiger partial charge is 0.354 e. The number of aromatic nitrogens is 3. The number of anilines is 1. The SMILES string of the molecule is Cn1nc(Br)nc1NCCc1ccccc1. The molecule has 0 aliphatic carbocycles. The van der Waals surface area contributed by atoms with E-state index in [1.807, 2.05) is 25.2 Å². The van der Waals surface area contributed by atoms with Crippen LogP contribution in [0.25, 0.3) is 0 Å². The van der Waals surface area contributed by atoms with Crippen LogP contribution < -0.4 is 5.32 Å². The van der Waals surface area contributed by atoms with Crippen molar-refractivity contribution in [2.45, 2.75) is 6.42 Å². The second kappa shape index (κ2) is 5.12. The van der Waals surface area contributed by atoms with Crippen molar-refractivity contribution < 1.29 is 0 Å². The van der Waals surface area contributed by atoms with Crippen LogP contribution >= 0.6 is 15.9 Å². The molecule has 0 aliphatic rings. The summed E-state index contributed by atoms with van der Waals surface area (Å²) in [5, 5.41) is 7.34. The number of aryl methyl sites for hydroxylation is 1. The number of nitrogens with one attached hydrogen (secondary N) is 1. The third-order valence-electron chi connectivity index (χ3n) is 2.28. The van der Waals surface area contributed by atoms with Gasteiger partial charge in [-0.1, -0.05) is 30.3 Å². The highest BCUT2D eigenvalue weighted by molar-refractivity contribution is 9.10. The van der Waals surface area contributed by atoms with Crippen LogP contribution in [0.4, 0.5) is 5.95 Å². The van der Waals surface area contributed by atoms with Gasteiger partial charge in [-0.05, 0) is 27.9 Å². The monoisotopic (exact) mass is 280 g/mol. The van der Waals surface area contributed by atoms with Gasteiger partial charge in [0.25, 0.3) is 0 Å². The number of rotatable bonds is 4. The van der Waals surface area contributed by atoms with Crippen molar-refractivity contribution in [3.63, 3.8) is 0 Å². The molecule has 0 aliphatic heterocycles. The maximum Gasteiger partial charge on any atom is 0.221 e. The number of nitrogens with zero attached hydrogens (tertiary/aromatic N) is 3. The molecule has 1 aromatic carbocycles. The van der Waals surface area contributed by atoms with Gasteiger partial charge in [-0.2, -0.15) is 4.98 Å². The highest BCUT2D eigenvalue weighted by Crippen LogP contribution is 2.08. The van der Waals surface area contributed by atoms with E-state index in [9.17, 15) is 0 Å². The lowest BCUT2D eigenvalue weighted by molar-refractivity contribution is 0.760. The zero-order valence-corrected chi connectivity index (χ0v) is 10.6. The molecule has 2 rings (SSSR count). The molecule has 1 heterocycles. The van der Waals surface area contributed by atoms with Crippen molar-refractivity contribution in [1.29, 1.82) is 0 Å². The third kappa shape index (κ3) is 2.82. The Morgan fingerprint density at radius 3 is 2.69 bits per heavy atom. The van der Waals surface area contributed by atoms with Crippen molar-refractivity contribution >= 4 is 21.9 Å². The van der Waals surface area contributed by atoms with Gasteiger partial charge in [-0.15, -0.1) is 5.10 Å². The Kier molecular flexibility index (Phi) is 3.56. The predicted octanol–water partition coefficient (Wildman–Crippen LogP) is 2.23. The Morgan fingerprint density at radius 1 is 1.31 bits per heavy atom. The molecule has 4 nitrogen and oxygen atoms in total. The molecule has 16 heavy (non-hydrogen) atoms. The fraction of sp³-hybridized carbons (Fsp3) is 0.273. The van der Waals surface area contributed by atoms with Crippen LogP contribution in [0, 0.1) is 0 Å². The first-order chi connectivity index (χ1) is 7.75. The van der Waals surface area contributed by atoms with Gasteiger partial charge in [0, 0.05) is 13.6 Å². The summed E-state index contributed by atoms with van der Waals surface area (Å²) in [5.74, 6) is 0.780. The van der Waals surface area contributed by atoms with E-state index in [2.05, 4.69) is 43.5 Å². The van der Waals surface area contributed by atoms with E-state index in [1.54, 1.807) is 4.68 Å². The molecule has 0 amide bonds. The van der Waals surface area contributed by atoms with Crippen molar-refractivity contribution in [2.24, 2.45) is 7.05 Å². The molecule has 0 unspecified atom stereocenters. The highest BCUT2D eigenvalue weighted by Gasteiger charge is 2.02. The fourth-order valence-electron chi connectivity index (χ4n) is 1.47. The summed E-state index contributed by atoms with van der Waals surface area (Å²) in [4.78, 5) is 4.20. The van der Waals surface area contributed by atoms with E-state index < -0.39 is 0 Å². The standard InChI is InChI=1S/C11H13BrN4/c1-16-11(14-10(12)15-16)13-8-7-9-5-3-2-4-6-9/h2-6H,7-8H2,1H3,(H,13,14,15). The van der Waals surface area contributed by atoms with E-state index >= 15 is 0 Å². The Morgan fingerprint density at radius 2 is 2.06 bits per heavy atom. The van der Waals surface area contributed by atoms with E-state index in [0.717, 1.165) is 18.9 Å².